The molecule has 0 aliphatic carbocycles. The van der Waals surface area contributed by atoms with E-state index >= 15 is 0 Å². The van der Waals surface area contributed by atoms with Crippen LogP contribution in [0.4, 0.5) is 4.79 Å². The second-order valence-corrected chi connectivity index (χ2v) is 6.03. The molecule has 4 heteroatoms. The second-order valence-electron chi connectivity index (χ2n) is 6.03. The molecule has 2 fully saturated rings. The minimum atomic E-state index is 0.247. The van der Waals surface area contributed by atoms with E-state index in [1.165, 1.54) is 5.56 Å². The fourth-order valence-electron chi connectivity index (χ4n) is 3.43. The maximum absolute atomic E-state index is 12.3. The highest BCUT2D eigenvalue weighted by atomic mass is 16.2. The smallest absolute Gasteiger partial charge is 0.320 e. The van der Waals surface area contributed by atoms with Gasteiger partial charge in [-0.3, -0.25) is 4.90 Å². The molecule has 2 amide bonds. The van der Waals surface area contributed by atoms with Crippen LogP contribution in [-0.4, -0.2) is 66.0 Å². The predicted molar refractivity (Wildman–Crippen MR) is 84.3 cm³/mol. The maximum Gasteiger partial charge on any atom is 0.320 e. The largest absolute Gasteiger partial charge is 0.325 e. The SMILES string of the molecule is CCN1CC[C@@H]2CN(CCc3ccccc3)CCN2C1=O. The number of amides is 2. The summed E-state index contributed by atoms with van der Waals surface area (Å²) in [5, 5.41) is 0. The number of piperazine rings is 1. The summed E-state index contributed by atoms with van der Waals surface area (Å²) in [6.45, 7) is 7.84. The highest BCUT2D eigenvalue weighted by Gasteiger charge is 2.36. The number of hydrogen-bond donors (Lipinski definition) is 0. The average molecular weight is 287 g/mol. The van der Waals surface area contributed by atoms with Gasteiger partial charge in [-0.2, -0.15) is 0 Å². The molecule has 0 saturated carbocycles. The quantitative estimate of drug-likeness (QED) is 0.847. The number of urea groups is 1. The van der Waals surface area contributed by atoms with Crippen molar-refractivity contribution in [3.8, 4) is 0 Å². The zero-order valence-corrected chi connectivity index (χ0v) is 12.9. The Hall–Kier alpha value is -1.55. The van der Waals surface area contributed by atoms with Crippen LogP contribution in [-0.2, 0) is 6.42 Å². The van der Waals surface area contributed by atoms with Crippen molar-refractivity contribution in [2.45, 2.75) is 25.8 Å². The highest BCUT2D eigenvalue weighted by molar-refractivity contribution is 5.75. The van der Waals surface area contributed by atoms with Crippen LogP contribution in [0.1, 0.15) is 18.9 Å². The van der Waals surface area contributed by atoms with Crippen LogP contribution in [0.5, 0.6) is 0 Å². The van der Waals surface area contributed by atoms with E-state index in [-0.39, 0.29) is 6.03 Å². The molecular formula is C17H25N3O. The molecule has 0 spiro atoms. The Labute approximate surface area is 127 Å². The van der Waals surface area contributed by atoms with Gasteiger partial charge in [-0.25, -0.2) is 4.79 Å². The Balaban J connectivity index is 1.53. The molecule has 2 aliphatic heterocycles. The number of carbonyl (C=O) groups is 1. The van der Waals surface area contributed by atoms with Crippen LogP contribution in [0, 0.1) is 0 Å². The van der Waals surface area contributed by atoms with Gasteiger partial charge in [0, 0.05) is 45.3 Å². The van der Waals surface area contributed by atoms with Crippen LogP contribution in [0.25, 0.3) is 0 Å². The van der Waals surface area contributed by atoms with E-state index < -0.39 is 0 Å². The van der Waals surface area contributed by atoms with E-state index in [0.717, 1.165) is 52.1 Å². The maximum atomic E-state index is 12.3. The number of hydrogen-bond acceptors (Lipinski definition) is 2. The topological polar surface area (TPSA) is 26.8 Å². The Kier molecular flexibility index (Phi) is 4.44. The standard InChI is InChI=1S/C17H25N3O/c1-2-19-11-9-16-14-18(12-13-20(16)17(19)21)10-8-15-6-4-3-5-7-15/h3-7,16H,2,8-14H2,1H3/t16-/m1/s1. The summed E-state index contributed by atoms with van der Waals surface area (Å²) < 4.78 is 0. The first-order valence-corrected chi connectivity index (χ1v) is 8.09. The molecule has 0 N–H and O–H groups in total. The van der Waals surface area contributed by atoms with E-state index in [0.29, 0.717) is 6.04 Å². The number of carbonyl (C=O) groups excluding carboxylic acids is 1. The van der Waals surface area contributed by atoms with Crippen molar-refractivity contribution < 1.29 is 4.79 Å². The van der Waals surface area contributed by atoms with Crippen LogP contribution >= 0.6 is 0 Å². The summed E-state index contributed by atoms with van der Waals surface area (Å²) in [6.07, 6.45) is 2.21. The van der Waals surface area contributed by atoms with Crippen molar-refractivity contribution in [1.82, 2.24) is 14.7 Å². The Morgan fingerprint density at radius 3 is 2.71 bits per heavy atom. The first-order chi connectivity index (χ1) is 10.3. The molecule has 2 heterocycles. The van der Waals surface area contributed by atoms with Crippen molar-refractivity contribution in [2.24, 2.45) is 0 Å². The van der Waals surface area contributed by atoms with Crippen molar-refractivity contribution in [3.63, 3.8) is 0 Å². The lowest BCUT2D eigenvalue weighted by atomic mass is 10.0. The predicted octanol–water partition coefficient (Wildman–Crippen LogP) is 2.06. The first-order valence-electron chi connectivity index (χ1n) is 8.09. The van der Waals surface area contributed by atoms with Crippen LogP contribution in [0.15, 0.2) is 30.3 Å². The molecule has 0 radical (unpaired) electrons. The first kappa shape index (κ1) is 14.4. The third-order valence-electron chi connectivity index (χ3n) is 4.76. The van der Waals surface area contributed by atoms with Gasteiger partial charge in [0.15, 0.2) is 0 Å². The summed E-state index contributed by atoms with van der Waals surface area (Å²) in [5.74, 6) is 0. The number of benzene rings is 1. The third-order valence-corrected chi connectivity index (χ3v) is 4.76. The van der Waals surface area contributed by atoms with Gasteiger partial charge in [0.2, 0.25) is 0 Å². The van der Waals surface area contributed by atoms with E-state index in [1.807, 2.05) is 4.90 Å². The molecule has 3 rings (SSSR count). The second kappa shape index (κ2) is 6.48. The van der Waals surface area contributed by atoms with Gasteiger partial charge in [0.25, 0.3) is 0 Å². The summed E-state index contributed by atoms with van der Waals surface area (Å²) >= 11 is 0. The average Bonchev–Trinajstić information content (AvgIpc) is 2.54. The van der Waals surface area contributed by atoms with Crippen molar-refractivity contribution in [1.29, 1.82) is 0 Å². The molecule has 21 heavy (non-hydrogen) atoms. The van der Waals surface area contributed by atoms with Crippen molar-refractivity contribution >= 4 is 6.03 Å². The van der Waals surface area contributed by atoms with Gasteiger partial charge in [-0.1, -0.05) is 30.3 Å². The fraction of sp³-hybridized carbons (Fsp3) is 0.588. The van der Waals surface area contributed by atoms with E-state index in [4.69, 9.17) is 0 Å². The molecule has 0 aromatic heterocycles. The van der Waals surface area contributed by atoms with Crippen molar-refractivity contribution in [2.75, 3.05) is 39.3 Å². The minimum absolute atomic E-state index is 0.247. The normalized spacial score (nSPS) is 23.3. The zero-order valence-electron chi connectivity index (χ0n) is 12.9. The summed E-state index contributed by atoms with van der Waals surface area (Å²) in [7, 11) is 0. The monoisotopic (exact) mass is 287 g/mol. The molecule has 1 aromatic rings. The Morgan fingerprint density at radius 2 is 1.95 bits per heavy atom. The van der Waals surface area contributed by atoms with Gasteiger partial charge >= 0.3 is 6.03 Å². The molecular weight excluding hydrogens is 262 g/mol. The molecule has 1 aromatic carbocycles. The molecule has 2 aliphatic rings. The molecule has 2 saturated heterocycles. The van der Waals surface area contributed by atoms with Crippen LogP contribution in [0.3, 0.4) is 0 Å². The summed E-state index contributed by atoms with van der Waals surface area (Å²) in [5.41, 5.74) is 1.40. The summed E-state index contributed by atoms with van der Waals surface area (Å²) in [6, 6.07) is 11.3. The molecule has 4 nitrogen and oxygen atoms in total. The van der Waals surface area contributed by atoms with Gasteiger partial charge in [0.05, 0.1) is 0 Å². The zero-order chi connectivity index (χ0) is 14.7. The lowest BCUT2D eigenvalue weighted by Gasteiger charge is -2.47. The molecule has 0 bridgehead atoms. The van der Waals surface area contributed by atoms with Crippen LogP contribution < -0.4 is 0 Å². The van der Waals surface area contributed by atoms with Gasteiger partial charge in [0.1, 0.15) is 0 Å². The summed E-state index contributed by atoms with van der Waals surface area (Å²) in [4.78, 5) is 18.9. The number of nitrogens with zero attached hydrogens (tertiary/aromatic N) is 3. The van der Waals surface area contributed by atoms with Crippen LogP contribution in [0.2, 0.25) is 0 Å². The van der Waals surface area contributed by atoms with E-state index in [9.17, 15) is 4.79 Å². The Bertz CT molecular complexity index is 476. The number of rotatable bonds is 4. The van der Waals surface area contributed by atoms with Crippen molar-refractivity contribution in [3.05, 3.63) is 35.9 Å². The molecule has 0 unspecified atom stereocenters. The molecule has 1 atom stereocenters. The van der Waals surface area contributed by atoms with E-state index in [2.05, 4.69) is 47.1 Å². The highest BCUT2D eigenvalue weighted by Crippen LogP contribution is 2.20. The fourth-order valence-corrected chi connectivity index (χ4v) is 3.43. The van der Waals surface area contributed by atoms with Gasteiger partial charge in [-0.05, 0) is 25.3 Å². The van der Waals surface area contributed by atoms with Gasteiger partial charge in [-0.15, -0.1) is 0 Å². The Morgan fingerprint density at radius 1 is 1.14 bits per heavy atom. The third kappa shape index (κ3) is 3.21. The van der Waals surface area contributed by atoms with Gasteiger partial charge < -0.3 is 9.80 Å². The van der Waals surface area contributed by atoms with E-state index in [1.54, 1.807) is 0 Å². The lowest BCUT2D eigenvalue weighted by molar-refractivity contribution is 0.0460. The minimum Gasteiger partial charge on any atom is -0.325 e. The number of fused-ring (bicyclic) bond motifs is 1. The molecule has 114 valence electrons. The lowest BCUT2D eigenvalue weighted by Crippen LogP contribution is -2.62.